The van der Waals surface area contributed by atoms with E-state index >= 15 is 0 Å². The van der Waals surface area contributed by atoms with E-state index in [0.29, 0.717) is 12.8 Å². The van der Waals surface area contributed by atoms with E-state index in [-0.39, 0.29) is 35.3 Å². The van der Waals surface area contributed by atoms with Crippen LogP contribution in [0.5, 0.6) is 23.0 Å². The summed E-state index contributed by atoms with van der Waals surface area (Å²) in [5.41, 5.74) is -0.915. The van der Waals surface area contributed by atoms with Crippen LogP contribution in [0.25, 0.3) is 0 Å². The lowest BCUT2D eigenvalue weighted by atomic mass is 9.87. The maximum Gasteiger partial charge on any atom is 0.347 e. The highest BCUT2D eigenvalue weighted by molar-refractivity contribution is 5.97. The Morgan fingerprint density at radius 1 is 0.740 bits per heavy atom. The van der Waals surface area contributed by atoms with Crippen molar-refractivity contribution in [1.29, 1.82) is 0 Å². The van der Waals surface area contributed by atoms with Crippen LogP contribution < -0.4 is 4.74 Å². The summed E-state index contributed by atoms with van der Waals surface area (Å²) in [5, 5.41) is 83.9. The van der Waals surface area contributed by atoms with Crippen LogP contribution in [0.15, 0.2) is 66.8 Å². The Hall–Kier alpha value is -4.46. The van der Waals surface area contributed by atoms with Crippen molar-refractivity contribution in [2.45, 2.75) is 95.7 Å². The molecule has 0 unspecified atom stereocenters. The minimum absolute atomic E-state index is 0.131. The fourth-order valence-corrected chi connectivity index (χ4v) is 5.60. The van der Waals surface area contributed by atoms with Crippen LogP contribution in [0, 0.1) is 0 Å². The topological polar surface area (TPSA) is 214 Å². The summed E-state index contributed by atoms with van der Waals surface area (Å²) in [6.45, 7) is 3.34. The number of rotatable bonds is 17. The smallest absolute Gasteiger partial charge is 0.347 e. The molecule has 8 N–H and O–H groups in total. The number of benzene rings is 2. The molecule has 0 radical (unpaired) electrons. The van der Waals surface area contributed by atoms with Gasteiger partial charge in [-0.3, -0.25) is 0 Å². The fourth-order valence-electron chi connectivity index (χ4n) is 5.60. The Balaban J connectivity index is 2.03. The highest BCUT2D eigenvalue weighted by Gasteiger charge is 2.46. The van der Waals surface area contributed by atoms with Gasteiger partial charge in [-0.15, -0.1) is 0 Å². The third kappa shape index (κ3) is 10.3. The molecule has 0 spiro atoms. The minimum atomic E-state index is -1.88. The number of aliphatic hydroxyl groups is 4. The minimum Gasteiger partial charge on any atom is -0.507 e. The molecule has 272 valence electrons. The van der Waals surface area contributed by atoms with Gasteiger partial charge in [0.1, 0.15) is 64.6 Å². The van der Waals surface area contributed by atoms with Crippen molar-refractivity contribution < 1.29 is 59.9 Å². The average molecular weight is 697 g/mol. The summed E-state index contributed by atoms with van der Waals surface area (Å²) >= 11 is 0. The molecule has 3 rings (SSSR count). The summed E-state index contributed by atoms with van der Waals surface area (Å²) in [5.74, 6) is -4.79. The molecule has 5 atom stereocenters. The Labute approximate surface area is 291 Å². The molecule has 0 amide bonds. The number of carboxylic acids is 1. The third-order valence-corrected chi connectivity index (χ3v) is 8.22. The predicted octanol–water partition coefficient (Wildman–Crippen LogP) is 4.93. The zero-order valence-electron chi connectivity index (χ0n) is 28.3. The van der Waals surface area contributed by atoms with Crippen LogP contribution in [0.3, 0.4) is 0 Å². The summed E-state index contributed by atoms with van der Waals surface area (Å²) in [4.78, 5) is 25.8. The molecule has 0 aromatic heterocycles. The predicted molar refractivity (Wildman–Crippen MR) is 186 cm³/mol. The van der Waals surface area contributed by atoms with Crippen LogP contribution in [-0.4, -0.2) is 83.8 Å². The van der Waals surface area contributed by atoms with E-state index in [9.17, 15) is 50.4 Å². The molecule has 1 aliphatic heterocycles. The molecular weight excluding hydrogens is 648 g/mol. The zero-order chi connectivity index (χ0) is 36.8. The number of aliphatic hydroxyl groups excluding tert-OH is 4. The highest BCUT2D eigenvalue weighted by atomic mass is 16.5. The second kappa shape index (κ2) is 19.7. The number of hydrogen-bond donors (Lipinski definition) is 8. The second-order valence-corrected chi connectivity index (χ2v) is 12.0. The summed E-state index contributed by atoms with van der Waals surface area (Å²) in [6, 6.07) is 3.46. The van der Waals surface area contributed by atoms with Gasteiger partial charge in [0.25, 0.3) is 0 Å². The van der Waals surface area contributed by atoms with E-state index in [1.807, 2.05) is 48.6 Å². The van der Waals surface area contributed by atoms with Gasteiger partial charge in [0.2, 0.25) is 0 Å². The lowest BCUT2D eigenvalue weighted by Gasteiger charge is -2.40. The van der Waals surface area contributed by atoms with E-state index in [0.717, 1.165) is 31.7 Å². The Bertz CT molecular complexity index is 1570. The van der Waals surface area contributed by atoms with Crippen LogP contribution in [-0.2, 0) is 17.6 Å². The molecule has 12 heteroatoms. The number of carbonyl (C=O) groups excluding carboxylic acids is 1. The number of aromatic hydroxyl groups is 3. The summed E-state index contributed by atoms with van der Waals surface area (Å²) < 4.78 is 11.1. The molecule has 0 bridgehead atoms. The number of allylic oxidation sites excluding steroid dienone is 8. The standard InChI is InChI=1S/C38H48O12/c1-3-5-7-9-11-13-15-17-23-19-25(21-27(41)29(23)37(46)47)49-38(48)30-24(18-16-14-12-10-8-6-4-2)20-26(40)31(33(30)43)36-35(45)34(44)32(42)28(22-39)50-36/h7-14,19-21,28,32,34-36,39-45H,3-6,15-18,22H2,1-2H3,(H,46,47)/b9-7+,10-8+,13-11+,14-12+/t28-,32-,34+,35-,36+/m1/s1. The first-order valence-corrected chi connectivity index (χ1v) is 16.8. The van der Waals surface area contributed by atoms with Crippen molar-refractivity contribution in [3.8, 4) is 23.0 Å². The zero-order valence-corrected chi connectivity index (χ0v) is 28.3. The average Bonchev–Trinajstić information content (AvgIpc) is 3.06. The highest BCUT2D eigenvalue weighted by Crippen LogP contribution is 2.45. The van der Waals surface area contributed by atoms with Crippen molar-refractivity contribution in [3.63, 3.8) is 0 Å². The molecule has 0 saturated carbocycles. The van der Waals surface area contributed by atoms with Crippen molar-refractivity contribution in [2.75, 3.05) is 6.61 Å². The van der Waals surface area contributed by atoms with Crippen LogP contribution in [0.1, 0.15) is 95.9 Å². The summed E-state index contributed by atoms with van der Waals surface area (Å²) in [7, 11) is 0. The van der Waals surface area contributed by atoms with Gasteiger partial charge in [-0.25, -0.2) is 9.59 Å². The van der Waals surface area contributed by atoms with Gasteiger partial charge in [-0.1, -0.05) is 75.3 Å². The first kappa shape index (κ1) is 40.0. The lowest BCUT2D eigenvalue weighted by molar-refractivity contribution is -0.232. The third-order valence-electron chi connectivity index (χ3n) is 8.22. The number of phenols is 3. The molecule has 50 heavy (non-hydrogen) atoms. The van der Waals surface area contributed by atoms with Crippen molar-refractivity contribution in [3.05, 3.63) is 94.6 Å². The Morgan fingerprint density at radius 3 is 1.80 bits per heavy atom. The maximum atomic E-state index is 13.8. The molecule has 1 fully saturated rings. The molecular formula is C38H48O12. The van der Waals surface area contributed by atoms with Gasteiger partial charge in [0.15, 0.2) is 0 Å². The van der Waals surface area contributed by atoms with Gasteiger partial charge >= 0.3 is 11.9 Å². The largest absolute Gasteiger partial charge is 0.507 e. The number of carbonyl (C=O) groups is 2. The molecule has 12 nitrogen and oxygen atoms in total. The van der Waals surface area contributed by atoms with E-state index in [1.165, 1.54) is 12.1 Å². The molecule has 2 aromatic rings. The van der Waals surface area contributed by atoms with E-state index in [4.69, 9.17) is 9.47 Å². The van der Waals surface area contributed by atoms with Crippen molar-refractivity contribution in [1.82, 2.24) is 0 Å². The number of aromatic carboxylic acids is 1. The number of phenolic OH excluding ortho intramolecular Hbond substituents is 2. The monoisotopic (exact) mass is 696 g/mol. The normalized spacial score (nSPS) is 21.2. The molecule has 0 aliphatic carbocycles. The van der Waals surface area contributed by atoms with Crippen molar-refractivity contribution in [2.24, 2.45) is 0 Å². The summed E-state index contributed by atoms with van der Waals surface area (Å²) in [6.07, 6.45) is 11.5. The number of hydrogen-bond acceptors (Lipinski definition) is 11. The number of unbranched alkanes of at least 4 members (excludes halogenated alkanes) is 2. The van der Waals surface area contributed by atoms with Gasteiger partial charge < -0.3 is 50.3 Å². The Morgan fingerprint density at radius 2 is 1.28 bits per heavy atom. The quantitative estimate of drug-likeness (QED) is 0.0628. The maximum absolute atomic E-state index is 13.8. The van der Waals surface area contributed by atoms with Crippen LogP contribution in [0.4, 0.5) is 0 Å². The van der Waals surface area contributed by atoms with Crippen LogP contribution in [0.2, 0.25) is 0 Å². The first-order chi connectivity index (χ1) is 24.0. The molecule has 1 saturated heterocycles. The van der Waals surface area contributed by atoms with Gasteiger partial charge in [-0.05, 0) is 61.8 Å². The van der Waals surface area contributed by atoms with Gasteiger partial charge in [-0.2, -0.15) is 0 Å². The first-order valence-electron chi connectivity index (χ1n) is 16.8. The number of carboxylic acid groups (broad SMARTS) is 1. The number of esters is 1. The molecule has 2 aromatic carbocycles. The lowest BCUT2D eigenvalue weighted by Crippen LogP contribution is -2.55. The van der Waals surface area contributed by atoms with E-state index in [1.54, 1.807) is 0 Å². The molecule has 1 aliphatic rings. The Kier molecular flexibility index (Phi) is 15.7. The van der Waals surface area contributed by atoms with Gasteiger partial charge in [0.05, 0.1) is 12.2 Å². The number of ether oxygens (including phenoxy) is 2. The SMILES string of the molecule is CCC/C=C/C=C/CCc1cc(OC(=O)c2c(CC/C=C/C=C/CCC)cc(O)c([C@@H]3O[C@H](CO)[C@@H](O)[C@H](O)[C@H]3O)c2O)cc(O)c1C(=O)O. The van der Waals surface area contributed by atoms with Gasteiger partial charge in [0, 0.05) is 6.07 Å². The van der Waals surface area contributed by atoms with E-state index in [2.05, 4.69) is 13.8 Å². The van der Waals surface area contributed by atoms with E-state index < -0.39 is 77.4 Å². The van der Waals surface area contributed by atoms with Crippen LogP contribution >= 0.6 is 0 Å². The number of aryl methyl sites for hydroxylation is 2. The second-order valence-electron chi connectivity index (χ2n) is 12.0. The fraction of sp³-hybridized carbons (Fsp3) is 0.421. The molecule has 1 heterocycles. The van der Waals surface area contributed by atoms with Crippen molar-refractivity contribution >= 4 is 11.9 Å².